The number of hydrogen-bond acceptors (Lipinski definition) is 4. The Labute approximate surface area is 115 Å². The van der Waals surface area contributed by atoms with Crippen LogP contribution in [0.25, 0.3) is 0 Å². The monoisotopic (exact) mass is 337 g/mol. The lowest BCUT2D eigenvalue weighted by atomic mass is 10.1. The highest BCUT2D eigenvalue weighted by Crippen LogP contribution is 2.29. The molecule has 0 spiro atoms. The van der Waals surface area contributed by atoms with Crippen molar-refractivity contribution in [3.8, 4) is 0 Å². The molecule has 0 aliphatic heterocycles. The maximum absolute atomic E-state index is 11.0. The van der Waals surface area contributed by atoms with Crippen LogP contribution in [0.3, 0.4) is 0 Å². The maximum Gasteiger partial charge on any atom is 0.148 e. The molecule has 0 bridgehead atoms. The number of sulfone groups is 1. The van der Waals surface area contributed by atoms with Crippen molar-refractivity contribution >= 4 is 37.5 Å². The molecule has 0 aliphatic carbocycles. The smallest absolute Gasteiger partial charge is 0.148 e. The summed E-state index contributed by atoms with van der Waals surface area (Å²) >= 11 is 5.00. The van der Waals surface area contributed by atoms with E-state index in [1.807, 2.05) is 24.3 Å². The zero-order valence-electron chi connectivity index (χ0n) is 9.60. The Hall–Kier alpha value is -0.0400. The van der Waals surface area contributed by atoms with Crippen molar-refractivity contribution in [3.05, 3.63) is 34.3 Å². The van der Waals surface area contributed by atoms with E-state index in [4.69, 9.17) is 5.73 Å². The summed E-state index contributed by atoms with van der Waals surface area (Å²) in [5.41, 5.74) is 6.84. The molecule has 2 N–H and O–H groups in total. The SMILES string of the molecule is CS(=O)(=O)CCSC(CN)c1cccc(Br)c1. The van der Waals surface area contributed by atoms with Gasteiger partial charge in [0.05, 0.1) is 5.75 Å². The Morgan fingerprint density at radius 3 is 2.71 bits per heavy atom. The summed E-state index contributed by atoms with van der Waals surface area (Å²) in [7, 11) is -2.89. The van der Waals surface area contributed by atoms with E-state index in [9.17, 15) is 8.42 Å². The van der Waals surface area contributed by atoms with Crippen LogP contribution in [0.1, 0.15) is 10.8 Å². The molecule has 6 heteroatoms. The summed E-state index contributed by atoms with van der Waals surface area (Å²) in [5, 5.41) is 0.147. The van der Waals surface area contributed by atoms with E-state index < -0.39 is 9.84 Å². The minimum absolute atomic E-state index is 0.147. The highest BCUT2D eigenvalue weighted by atomic mass is 79.9. The zero-order valence-corrected chi connectivity index (χ0v) is 12.8. The van der Waals surface area contributed by atoms with E-state index in [2.05, 4.69) is 15.9 Å². The van der Waals surface area contributed by atoms with Crippen molar-refractivity contribution in [3.63, 3.8) is 0 Å². The number of thioether (sulfide) groups is 1. The number of nitrogens with two attached hydrogens (primary N) is 1. The highest BCUT2D eigenvalue weighted by Gasteiger charge is 2.12. The van der Waals surface area contributed by atoms with E-state index in [-0.39, 0.29) is 11.0 Å². The van der Waals surface area contributed by atoms with Gasteiger partial charge in [-0.2, -0.15) is 11.8 Å². The standard InChI is InChI=1S/C11H16BrNO2S2/c1-17(14,15)6-5-16-11(8-13)9-3-2-4-10(12)7-9/h2-4,7,11H,5-6,8,13H2,1H3. The third-order valence-electron chi connectivity index (χ3n) is 2.21. The molecule has 0 radical (unpaired) electrons. The van der Waals surface area contributed by atoms with Crippen LogP contribution in [-0.4, -0.2) is 32.7 Å². The second-order valence-electron chi connectivity index (χ2n) is 3.78. The number of hydrogen-bond donors (Lipinski definition) is 1. The van der Waals surface area contributed by atoms with Crippen molar-refractivity contribution in [1.82, 2.24) is 0 Å². The third-order valence-corrected chi connectivity index (χ3v) is 5.21. The second-order valence-corrected chi connectivity index (χ2v) is 8.27. The van der Waals surface area contributed by atoms with Crippen molar-refractivity contribution in [2.75, 3.05) is 24.3 Å². The van der Waals surface area contributed by atoms with Gasteiger partial charge in [-0.15, -0.1) is 0 Å². The lowest BCUT2D eigenvalue weighted by Gasteiger charge is -2.14. The van der Waals surface area contributed by atoms with Crippen molar-refractivity contribution in [2.45, 2.75) is 5.25 Å². The van der Waals surface area contributed by atoms with Gasteiger partial charge >= 0.3 is 0 Å². The summed E-state index contributed by atoms with van der Waals surface area (Å²) in [5.74, 6) is 0.773. The van der Waals surface area contributed by atoms with Gasteiger partial charge in [0, 0.05) is 28.3 Å². The first-order chi connectivity index (χ1) is 7.92. The van der Waals surface area contributed by atoms with E-state index in [1.54, 1.807) is 11.8 Å². The molecule has 96 valence electrons. The summed E-state index contributed by atoms with van der Waals surface area (Å²) < 4.78 is 23.1. The van der Waals surface area contributed by atoms with Gasteiger partial charge in [-0.05, 0) is 17.7 Å². The molecule has 0 amide bonds. The fraction of sp³-hybridized carbons (Fsp3) is 0.455. The molecule has 0 fully saturated rings. The summed E-state index contributed by atoms with van der Waals surface area (Å²) in [4.78, 5) is 0. The summed E-state index contributed by atoms with van der Waals surface area (Å²) in [6.45, 7) is 0.505. The molecular weight excluding hydrogens is 322 g/mol. The lowest BCUT2D eigenvalue weighted by Crippen LogP contribution is -2.12. The molecule has 1 atom stereocenters. The van der Waals surface area contributed by atoms with Crippen LogP contribution in [-0.2, 0) is 9.84 Å². The molecule has 17 heavy (non-hydrogen) atoms. The molecule has 1 rings (SSSR count). The van der Waals surface area contributed by atoms with Gasteiger partial charge in [0.15, 0.2) is 0 Å². The predicted octanol–water partition coefficient (Wildman–Crippen LogP) is 2.23. The van der Waals surface area contributed by atoms with Crippen LogP contribution in [0.15, 0.2) is 28.7 Å². The average Bonchev–Trinajstić information content (AvgIpc) is 2.23. The van der Waals surface area contributed by atoms with E-state index in [0.29, 0.717) is 12.3 Å². The van der Waals surface area contributed by atoms with E-state index in [0.717, 1.165) is 10.0 Å². The Morgan fingerprint density at radius 1 is 1.47 bits per heavy atom. The molecule has 1 aromatic carbocycles. The topological polar surface area (TPSA) is 60.2 Å². The molecule has 0 aliphatic rings. The summed E-state index contributed by atoms with van der Waals surface area (Å²) in [6.07, 6.45) is 1.25. The van der Waals surface area contributed by atoms with Crippen LogP contribution in [0, 0.1) is 0 Å². The van der Waals surface area contributed by atoms with Gasteiger partial charge in [0.1, 0.15) is 9.84 Å². The number of benzene rings is 1. The molecular formula is C11H16BrNO2S2. The Kier molecular flexibility index (Phi) is 5.99. The fourth-order valence-corrected chi connectivity index (χ4v) is 4.12. The van der Waals surface area contributed by atoms with Crippen molar-refractivity contribution < 1.29 is 8.42 Å². The number of halogens is 1. The van der Waals surface area contributed by atoms with Gasteiger partial charge in [0.25, 0.3) is 0 Å². The Bertz CT molecular complexity index is 462. The third kappa shape index (κ3) is 5.90. The maximum atomic E-state index is 11.0. The highest BCUT2D eigenvalue weighted by molar-refractivity contribution is 9.10. The zero-order chi connectivity index (χ0) is 12.9. The second kappa shape index (κ2) is 6.78. The van der Waals surface area contributed by atoms with E-state index >= 15 is 0 Å². The quantitative estimate of drug-likeness (QED) is 0.864. The van der Waals surface area contributed by atoms with E-state index in [1.165, 1.54) is 6.26 Å². The van der Waals surface area contributed by atoms with Crippen molar-refractivity contribution in [2.24, 2.45) is 5.73 Å². The Balaban J connectivity index is 2.60. The molecule has 0 saturated carbocycles. The van der Waals surface area contributed by atoms with Crippen LogP contribution in [0.2, 0.25) is 0 Å². The largest absolute Gasteiger partial charge is 0.329 e. The van der Waals surface area contributed by atoms with Crippen LogP contribution in [0.5, 0.6) is 0 Å². The number of rotatable bonds is 6. The molecule has 0 heterocycles. The normalized spacial score (nSPS) is 13.6. The van der Waals surface area contributed by atoms with Gasteiger partial charge in [-0.25, -0.2) is 8.42 Å². The molecule has 3 nitrogen and oxygen atoms in total. The first-order valence-corrected chi connectivity index (χ1v) is 9.07. The van der Waals surface area contributed by atoms with Gasteiger partial charge in [-0.3, -0.25) is 0 Å². The lowest BCUT2D eigenvalue weighted by molar-refractivity contribution is 0.603. The van der Waals surface area contributed by atoms with Crippen LogP contribution < -0.4 is 5.73 Å². The average molecular weight is 338 g/mol. The molecule has 0 aromatic heterocycles. The Morgan fingerprint density at radius 2 is 2.18 bits per heavy atom. The molecule has 1 unspecified atom stereocenters. The van der Waals surface area contributed by atoms with Crippen LogP contribution >= 0.6 is 27.7 Å². The first kappa shape index (κ1) is 15.0. The predicted molar refractivity (Wildman–Crippen MR) is 78.1 cm³/mol. The van der Waals surface area contributed by atoms with Gasteiger partial charge in [0.2, 0.25) is 0 Å². The fourth-order valence-electron chi connectivity index (χ4n) is 1.35. The van der Waals surface area contributed by atoms with Crippen LogP contribution in [0.4, 0.5) is 0 Å². The van der Waals surface area contributed by atoms with Gasteiger partial charge < -0.3 is 5.73 Å². The minimum atomic E-state index is -2.89. The van der Waals surface area contributed by atoms with Crippen molar-refractivity contribution in [1.29, 1.82) is 0 Å². The molecule has 1 aromatic rings. The minimum Gasteiger partial charge on any atom is -0.329 e. The van der Waals surface area contributed by atoms with Gasteiger partial charge in [-0.1, -0.05) is 28.1 Å². The molecule has 0 saturated heterocycles. The first-order valence-electron chi connectivity index (χ1n) is 5.17. The summed E-state index contributed by atoms with van der Waals surface area (Å²) in [6, 6.07) is 7.94.